The predicted octanol–water partition coefficient (Wildman–Crippen LogP) is 3.25. The Morgan fingerprint density at radius 2 is 1.93 bits per heavy atom. The second-order valence-corrected chi connectivity index (χ2v) is 7.33. The van der Waals surface area contributed by atoms with E-state index in [2.05, 4.69) is 27.4 Å². The third-order valence-electron chi connectivity index (χ3n) is 4.26. The van der Waals surface area contributed by atoms with Crippen molar-refractivity contribution in [2.24, 2.45) is 0 Å². The van der Waals surface area contributed by atoms with Crippen molar-refractivity contribution in [1.82, 2.24) is 19.7 Å². The first-order valence-corrected chi connectivity index (χ1v) is 10.4. The first kappa shape index (κ1) is 19.3. The molecule has 150 valence electrons. The Hall–Kier alpha value is -3.07. The number of carbonyl (C=O) groups excluding carboxylic acids is 1. The standard InChI is InChI=1S/C20H21N5O3S/c1-2-9-25-19(14-5-7-21-8-6-14)23-24-20(25)29-13-18(26)22-15-3-4-16-17(12-15)28-11-10-27-16/h3-8,12H,2,9-11,13H2,1H3,(H,22,26). The molecule has 0 unspecified atom stereocenters. The summed E-state index contributed by atoms with van der Waals surface area (Å²) in [6.07, 6.45) is 4.40. The lowest BCUT2D eigenvalue weighted by Crippen LogP contribution is -2.17. The molecule has 0 radical (unpaired) electrons. The molecule has 1 aliphatic rings. The van der Waals surface area contributed by atoms with Crippen molar-refractivity contribution in [3.05, 3.63) is 42.7 Å². The smallest absolute Gasteiger partial charge is 0.234 e. The van der Waals surface area contributed by atoms with E-state index in [1.807, 2.05) is 16.7 Å². The molecule has 0 aliphatic carbocycles. The minimum Gasteiger partial charge on any atom is -0.486 e. The van der Waals surface area contributed by atoms with Crippen LogP contribution in [-0.2, 0) is 11.3 Å². The number of ether oxygens (including phenoxy) is 2. The Kier molecular flexibility index (Phi) is 5.95. The lowest BCUT2D eigenvalue weighted by atomic mass is 10.2. The third-order valence-corrected chi connectivity index (χ3v) is 5.23. The average Bonchev–Trinajstić information content (AvgIpc) is 3.16. The van der Waals surface area contributed by atoms with Gasteiger partial charge in [-0.05, 0) is 30.7 Å². The number of rotatable bonds is 7. The van der Waals surface area contributed by atoms with Crippen LogP contribution in [0.3, 0.4) is 0 Å². The van der Waals surface area contributed by atoms with Gasteiger partial charge in [0.1, 0.15) is 13.2 Å². The normalized spacial score (nSPS) is 12.6. The second kappa shape index (κ2) is 8.95. The summed E-state index contributed by atoms with van der Waals surface area (Å²) >= 11 is 1.36. The van der Waals surface area contributed by atoms with E-state index >= 15 is 0 Å². The highest BCUT2D eigenvalue weighted by Gasteiger charge is 2.16. The molecule has 8 nitrogen and oxygen atoms in total. The average molecular weight is 411 g/mol. The van der Waals surface area contributed by atoms with E-state index in [0.717, 1.165) is 29.5 Å². The van der Waals surface area contributed by atoms with Crippen LogP contribution in [-0.4, -0.2) is 44.6 Å². The molecule has 0 saturated heterocycles. The number of nitrogens with one attached hydrogen (secondary N) is 1. The zero-order chi connectivity index (χ0) is 20.1. The van der Waals surface area contributed by atoms with Gasteiger partial charge in [0.15, 0.2) is 22.5 Å². The molecule has 1 aliphatic heterocycles. The summed E-state index contributed by atoms with van der Waals surface area (Å²) in [5, 5.41) is 12.2. The van der Waals surface area contributed by atoms with Gasteiger partial charge in [0, 0.05) is 36.3 Å². The topological polar surface area (TPSA) is 91.2 Å². The summed E-state index contributed by atoms with van der Waals surface area (Å²) in [6.45, 7) is 3.92. The van der Waals surface area contributed by atoms with Gasteiger partial charge in [-0.3, -0.25) is 9.78 Å². The van der Waals surface area contributed by atoms with Crippen LogP contribution >= 0.6 is 11.8 Å². The molecule has 2 aromatic heterocycles. The number of carbonyl (C=O) groups is 1. The Bertz CT molecular complexity index is 993. The Balaban J connectivity index is 1.42. The molecule has 0 atom stereocenters. The number of nitrogens with zero attached hydrogens (tertiary/aromatic N) is 4. The van der Waals surface area contributed by atoms with Crippen molar-refractivity contribution in [2.45, 2.75) is 25.0 Å². The van der Waals surface area contributed by atoms with Crippen LogP contribution in [0.25, 0.3) is 11.4 Å². The van der Waals surface area contributed by atoms with Crippen molar-refractivity contribution in [3.63, 3.8) is 0 Å². The van der Waals surface area contributed by atoms with Crippen LogP contribution in [0, 0.1) is 0 Å². The van der Waals surface area contributed by atoms with E-state index in [0.29, 0.717) is 30.4 Å². The maximum absolute atomic E-state index is 12.4. The van der Waals surface area contributed by atoms with Crippen molar-refractivity contribution in [3.8, 4) is 22.9 Å². The quantitative estimate of drug-likeness (QED) is 0.597. The molecule has 1 N–H and O–H groups in total. The van der Waals surface area contributed by atoms with Crippen LogP contribution in [0.1, 0.15) is 13.3 Å². The lowest BCUT2D eigenvalue weighted by molar-refractivity contribution is -0.113. The molecule has 1 amide bonds. The number of hydrogen-bond donors (Lipinski definition) is 1. The Morgan fingerprint density at radius 1 is 1.14 bits per heavy atom. The zero-order valence-corrected chi connectivity index (χ0v) is 16.8. The monoisotopic (exact) mass is 411 g/mol. The van der Waals surface area contributed by atoms with E-state index < -0.39 is 0 Å². The summed E-state index contributed by atoms with van der Waals surface area (Å²) in [6, 6.07) is 9.18. The number of hydrogen-bond acceptors (Lipinski definition) is 7. The molecular weight excluding hydrogens is 390 g/mol. The van der Waals surface area contributed by atoms with Crippen LogP contribution in [0.2, 0.25) is 0 Å². The maximum atomic E-state index is 12.4. The van der Waals surface area contributed by atoms with E-state index in [-0.39, 0.29) is 11.7 Å². The van der Waals surface area contributed by atoms with Gasteiger partial charge in [-0.1, -0.05) is 18.7 Å². The molecule has 0 spiro atoms. The molecular formula is C20H21N5O3S. The van der Waals surface area contributed by atoms with Crippen molar-refractivity contribution < 1.29 is 14.3 Å². The van der Waals surface area contributed by atoms with Crippen molar-refractivity contribution in [1.29, 1.82) is 0 Å². The van der Waals surface area contributed by atoms with E-state index in [1.54, 1.807) is 30.6 Å². The van der Waals surface area contributed by atoms with Gasteiger partial charge in [-0.25, -0.2) is 0 Å². The fraction of sp³-hybridized carbons (Fsp3) is 0.300. The molecule has 0 fully saturated rings. The number of benzene rings is 1. The summed E-state index contributed by atoms with van der Waals surface area (Å²) in [5.74, 6) is 2.23. The first-order valence-electron chi connectivity index (χ1n) is 9.40. The van der Waals surface area contributed by atoms with Gasteiger partial charge in [0.25, 0.3) is 0 Å². The largest absolute Gasteiger partial charge is 0.486 e. The van der Waals surface area contributed by atoms with E-state index in [9.17, 15) is 4.79 Å². The van der Waals surface area contributed by atoms with Gasteiger partial charge in [0.2, 0.25) is 5.91 Å². The summed E-state index contributed by atoms with van der Waals surface area (Å²) in [4.78, 5) is 16.5. The summed E-state index contributed by atoms with van der Waals surface area (Å²) < 4.78 is 13.1. The maximum Gasteiger partial charge on any atom is 0.234 e. The Labute approximate surface area is 172 Å². The van der Waals surface area contributed by atoms with Gasteiger partial charge in [0.05, 0.1) is 5.75 Å². The highest BCUT2D eigenvalue weighted by molar-refractivity contribution is 7.99. The van der Waals surface area contributed by atoms with E-state index in [1.165, 1.54) is 11.8 Å². The van der Waals surface area contributed by atoms with E-state index in [4.69, 9.17) is 9.47 Å². The highest BCUT2D eigenvalue weighted by Crippen LogP contribution is 2.32. The van der Waals surface area contributed by atoms with Gasteiger partial charge < -0.3 is 19.4 Å². The summed E-state index contributed by atoms with van der Waals surface area (Å²) in [5.41, 5.74) is 1.63. The molecule has 1 aromatic carbocycles. The molecule has 9 heteroatoms. The zero-order valence-electron chi connectivity index (χ0n) is 16.0. The predicted molar refractivity (Wildman–Crippen MR) is 110 cm³/mol. The molecule has 29 heavy (non-hydrogen) atoms. The number of thioether (sulfide) groups is 1. The number of fused-ring (bicyclic) bond motifs is 1. The van der Waals surface area contributed by atoms with Crippen molar-refractivity contribution in [2.75, 3.05) is 24.3 Å². The van der Waals surface area contributed by atoms with Crippen LogP contribution in [0.15, 0.2) is 47.9 Å². The number of pyridine rings is 1. The molecule has 0 saturated carbocycles. The van der Waals surface area contributed by atoms with Gasteiger partial charge >= 0.3 is 0 Å². The second-order valence-electron chi connectivity index (χ2n) is 6.39. The number of amides is 1. The fourth-order valence-corrected chi connectivity index (χ4v) is 3.75. The molecule has 3 aromatic rings. The summed E-state index contributed by atoms with van der Waals surface area (Å²) in [7, 11) is 0. The first-order chi connectivity index (χ1) is 14.2. The van der Waals surface area contributed by atoms with Crippen LogP contribution in [0.4, 0.5) is 5.69 Å². The highest BCUT2D eigenvalue weighted by atomic mass is 32.2. The SMILES string of the molecule is CCCn1c(SCC(=O)Nc2ccc3c(c2)OCCO3)nnc1-c1ccncc1. The molecule has 0 bridgehead atoms. The number of anilines is 1. The van der Waals surface area contributed by atoms with Crippen molar-refractivity contribution >= 4 is 23.4 Å². The minimum atomic E-state index is -0.122. The van der Waals surface area contributed by atoms with Crippen LogP contribution < -0.4 is 14.8 Å². The van der Waals surface area contributed by atoms with Gasteiger partial charge in [-0.2, -0.15) is 0 Å². The number of aromatic nitrogens is 4. The third kappa shape index (κ3) is 4.51. The molecule has 4 rings (SSSR count). The fourth-order valence-electron chi connectivity index (χ4n) is 2.98. The Morgan fingerprint density at radius 3 is 2.72 bits per heavy atom. The van der Waals surface area contributed by atoms with Gasteiger partial charge in [-0.15, -0.1) is 10.2 Å². The lowest BCUT2D eigenvalue weighted by Gasteiger charge is -2.19. The minimum absolute atomic E-state index is 0.122. The molecule has 3 heterocycles. The van der Waals surface area contributed by atoms with Crippen LogP contribution in [0.5, 0.6) is 11.5 Å².